The van der Waals surface area contributed by atoms with Gasteiger partial charge in [0.15, 0.2) is 0 Å². The summed E-state index contributed by atoms with van der Waals surface area (Å²) in [7, 11) is 4.01. The summed E-state index contributed by atoms with van der Waals surface area (Å²) in [6, 6.07) is 7.24. The van der Waals surface area contributed by atoms with Crippen molar-refractivity contribution in [3.63, 3.8) is 0 Å². The molecule has 3 N–H and O–H groups in total. The molecule has 0 radical (unpaired) electrons. The highest BCUT2D eigenvalue weighted by atomic mass is 35.5. The Kier molecular flexibility index (Phi) is 8.12. The predicted octanol–water partition coefficient (Wildman–Crippen LogP) is 1.38. The molecule has 1 amide bonds. The highest BCUT2D eigenvalue weighted by molar-refractivity contribution is 6.18. The molecule has 0 fully saturated rings. The number of aliphatic hydroxyl groups excluding tert-OH is 1. The minimum absolute atomic E-state index is 0.114. The lowest BCUT2D eigenvalue weighted by Gasteiger charge is -2.14. The zero-order valence-corrected chi connectivity index (χ0v) is 13.4. The molecule has 118 valence electrons. The van der Waals surface area contributed by atoms with Crippen LogP contribution in [0.25, 0.3) is 0 Å². The molecule has 21 heavy (non-hydrogen) atoms. The molecule has 1 unspecified atom stereocenters. The normalized spacial score (nSPS) is 12.2. The number of alkyl halides is 1. The first-order chi connectivity index (χ1) is 10.0. The van der Waals surface area contributed by atoms with Gasteiger partial charge in [-0.3, -0.25) is 4.79 Å². The Hall–Kier alpha value is -1.30. The minimum Gasteiger partial charge on any atom is -0.390 e. The van der Waals surface area contributed by atoms with Crippen molar-refractivity contribution in [3.05, 3.63) is 29.8 Å². The molecule has 0 aliphatic carbocycles. The maximum Gasteiger partial charge on any atom is 0.253 e. The van der Waals surface area contributed by atoms with Crippen molar-refractivity contribution >= 4 is 23.2 Å². The third-order valence-corrected chi connectivity index (χ3v) is 3.30. The van der Waals surface area contributed by atoms with Crippen LogP contribution >= 0.6 is 11.6 Å². The van der Waals surface area contributed by atoms with E-state index in [0.717, 1.165) is 13.0 Å². The largest absolute Gasteiger partial charge is 0.390 e. The molecule has 6 heteroatoms. The number of nitrogens with one attached hydrogen (secondary N) is 2. The van der Waals surface area contributed by atoms with E-state index >= 15 is 0 Å². The van der Waals surface area contributed by atoms with E-state index in [1.54, 1.807) is 6.07 Å². The zero-order chi connectivity index (χ0) is 15.7. The van der Waals surface area contributed by atoms with Crippen LogP contribution in [0, 0.1) is 0 Å². The predicted molar refractivity (Wildman–Crippen MR) is 87.2 cm³/mol. The molecule has 0 aromatic heterocycles. The van der Waals surface area contributed by atoms with E-state index in [1.807, 2.05) is 32.3 Å². The van der Waals surface area contributed by atoms with Gasteiger partial charge in [-0.15, -0.1) is 11.6 Å². The van der Waals surface area contributed by atoms with Crippen molar-refractivity contribution in [2.24, 2.45) is 0 Å². The minimum atomic E-state index is -0.636. The summed E-state index contributed by atoms with van der Waals surface area (Å²) in [5.41, 5.74) is 1.27. The molecule has 1 aromatic rings. The van der Waals surface area contributed by atoms with Gasteiger partial charge in [-0.25, -0.2) is 0 Å². The SMILES string of the molecule is CN(C)CCCNC(=O)c1ccccc1NCC(O)CCl. The Morgan fingerprint density at radius 2 is 2.10 bits per heavy atom. The molecule has 0 saturated heterocycles. The maximum atomic E-state index is 12.2. The van der Waals surface area contributed by atoms with Crippen molar-refractivity contribution < 1.29 is 9.90 Å². The van der Waals surface area contributed by atoms with Gasteiger partial charge >= 0.3 is 0 Å². The number of anilines is 1. The average Bonchev–Trinajstić information content (AvgIpc) is 2.49. The number of halogens is 1. The molecular weight excluding hydrogens is 290 g/mol. The smallest absolute Gasteiger partial charge is 0.253 e. The van der Waals surface area contributed by atoms with Gasteiger partial charge in [0.2, 0.25) is 0 Å². The molecule has 0 heterocycles. The summed E-state index contributed by atoms with van der Waals surface area (Å²) >= 11 is 5.56. The molecule has 1 atom stereocenters. The molecule has 0 aliphatic heterocycles. The van der Waals surface area contributed by atoms with Gasteiger partial charge in [0.1, 0.15) is 0 Å². The number of rotatable bonds is 9. The van der Waals surface area contributed by atoms with Crippen molar-refractivity contribution in [1.82, 2.24) is 10.2 Å². The Morgan fingerprint density at radius 3 is 2.76 bits per heavy atom. The number of nitrogens with zero attached hydrogens (tertiary/aromatic N) is 1. The van der Waals surface area contributed by atoms with Crippen molar-refractivity contribution in [2.45, 2.75) is 12.5 Å². The first kappa shape index (κ1) is 17.8. The molecule has 1 rings (SSSR count). The second-order valence-corrected chi connectivity index (χ2v) is 5.46. The second kappa shape index (κ2) is 9.60. The van der Waals surface area contributed by atoms with Crippen LogP contribution in [0.5, 0.6) is 0 Å². The third kappa shape index (κ3) is 6.80. The molecule has 0 aliphatic rings. The van der Waals surface area contributed by atoms with Crippen LogP contribution in [0.15, 0.2) is 24.3 Å². The summed E-state index contributed by atoms with van der Waals surface area (Å²) in [5, 5.41) is 15.4. The summed E-state index contributed by atoms with van der Waals surface area (Å²) in [5.74, 6) is 0.0449. The van der Waals surface area contributed by atoms with E-state index in [4.69, 9.17) is 11.6 Å². The van der Waals surface area contributed by atoms with Crippen molar-refractivity contribution in [3.8, 4) is 0 Å². The van der Waals surface area contributed by atoms with E-state index in [1.165, 1.54) is 0 Å². The Labute approximate surface area is 131 Å². The number of aliphatic hydroxyl groups is 1. The van der Waals surface area contributed by atoms with Gasteiger partial charge in [-0.2, -0.15) is 0 Å². The van der Waals surface area contributed by atoms with Gasteiger partial charge in [0, 0.05) is 18.8 Å². The van der Waals surface area contributed by atoms with Crippen LogP contribution < -0.4 is 10.6 Å². The molecule has 0 bridgehead atoms. The van der Waals surface area contributed by atoms with Crippen LogP contribution in [-0.4, -0.2) is 61.6 Å². The summed E-state index contributed by atoms with van der Waals surface area (Å²) in [4.78, 5) is 14.2. The lowest BCUT2D eigenvalue weighted by molar-refractivity contribution is 0.0953. The van der Waals surface area contributed by atoms with Crippen LogP contribution in [0.3, 0.4) is 0 Å². The van der Waals surface area contributed by atoms with Crippen molar-refractivity contribution in [2.75, 3.05) is 44.9 Å². The molecule has 1 aromatic carbocycles. The first-order valence-corrected chi connectivity index (χ1v) is 7.58. The van der Waals surface area contributed by atoms with E-state index in [9.17, 15) is 9.90 Å². The fraction of sp³-hybridized carbons (Fsp3) is 0.533. The Morgan fingerprint density at radius 1 is 1.38 bits per heavy atom. The summed E-state index contributed by atoms with van der Waals surface area (Å²) < 4.78 is 0. The maximum absolute atomic E-state index is 12.2. The second-order valence-electron chi connectivity index (χ2n) is 5.15. The van der Waals surface area contributed by atoms with Crippen LogP contribution in [0.4, 0.5) is 5.69 Å². The first-order valence-electron chi connectivity index (χ1n) is 7.04. The average molecular weight is 314 g/mol. The standard InChI is InChI=1S/C15H24ClN3O2/c1-19(2)9-5-8-17-15(21)13-6-3-4-7-14(13)18-11-12(20)10-16/h3-4,6-7,12,18,20H,5,8-11H2,1-2H3,(H,17,21). The highest BCUT2D eigenvalue weighted by Gasteiger charge is 2.11. The highest BCUT2D eigenvalue weighted by Crippen LogP contribution is 2.14. The fourth-order valence-electron chi connectivity index (χ4n) is 1.81. The summed E-state index contributed by atoms with van der Waals surface area (Å²) in [6.45, 7) is 1.88. The van der Waals surface area contributed by atoms with E-state index in [0.29, 0.717) is 24.3 Å². The lowest BCUT2D eigenvalue weighted by Crippen LogP contribution is -2.28. The van der Waals surface area contributed by atoms with Gasteiger partial charge in [-0.1, -0.05) is 12.1 Å². The van der Waals surface area contributed by atoms with E-state index < -0.39 is 6.10 Å². The number of amides is 1. The number of carbonyl (C=O) groups excluding carboxylic acids is 1. The van der Waals surface area contributed by atoms with Gasteiger partial charge < -0.3 is 20.6 Å². The molecule has 0 saturated carbocycles. The number of carbonyl (C=O) groups is 1. The number of benzene rings is 1. The Balaban J connectivity index is 2.54. The molecule has 0 spiro atoms. The summed E-state index contributed by atoms with van der Waals surface area (Å²) in [6.07, 6.45) is 0.266. The molecule has 5 nitrogen and oxygen atoms in total. The lowest BCUT2D eigenvalue weighted by atomic mass is 10.1. The van der Waals surface area contributed by atoms with Crippen LogP contribution in [0.1, 0.15) is 16.8 Å². The van der Waals surface area contributed by atoms with Gasteiger partial charge in [0.05, 0.1) is 17.5 Å². The fourth-order valence-corrected chi connectivity index (χ4v) is 1.92. The van der Waals surface area contributed by atoms with E-state index in [-0.39, 0.29) is 11.8 Å². The zero-order valence-electron chi connectivity index (χ0n) is 12.6. The third-order valence-electron chi connectivity index (χ3n) is 2.95. The van der Waals surface area contributed by atoms with Crippen LogP contribution in [-0.2, 0) is 0 Å². The van der Waals surface area contributed by atoms with Crippen molar-refractivity contribution in [1.29, 1.82) is 0 Å². The quantitative estimate of drug-likeness (QED) is 0.476. The number of hydrogen-bond donors (Lipinski definition) is 3. The Bertz CT molecular complexity index is 441. The number of hydrogen-bond acceptors (Lipinski definition) is 4. The monoisotopic (exact) mass is 313 g/mol. The number of para-hydroxylation sites is 1. The molecular formula is C15H24ClN3O2. The van der Waals surface area contributed by atoms with E-state index in [2.05, 4.69) is 15.5 Å². The topological polar surface area (TPSA) is 64.6 Å². The van der Waals surface area contributed by atoms with Gasteiger partial charge in [-0.05, 0) is 39.2 Å². The van der Waals surface area contributed by atoms with Crippen LogP contribution in [0.2, 0.25) is 0 Å². The van der Waals surface area contributed by atoms with Gasteiger partial charge in [0.25, 0.3) is 5.91 Å².